The molecule has 0 amide bonds. The lowest BCUT2D eigenvalue weighted by molar-refractivity contribution is -0.0000123. The summed E-state index contributed by atoms with van der Waals surface area (Å²) in [6, 6.07) is 5.15. The molecule has 0 fully saturated rings. The fourth-order valence-corrected chi connectivity index (χ4v) is 1.65. The van der Waals surface area contributed by atoms with Crippen molar-refractivity contribution in [2.45, 2.75) is 0 Å². The van der Waals surface area contributed by atoms with Gasteiger partial charge in [0.05, 0.1) is 32.2 Å². The van der Waals surface area contributed by atoms with E-state index < -0.39 is 0 Å². The molecule has 0 saturated heterocycles. The second kappa shape index (κ2) is 6.94. The van der Waals surface area contributed by atoms with Crippen LogP contribution in [0.15, 0.2) is 30.6 Å². The standard InChI is InChI=1S/C13H14N2O3.BrH/c1-17-10-3-4-13(18-2)11(7-10)12(16)8-15-6-5-14-9-15;/h3-7,14H,8H2,1-2H3;1H/q+1;/p-1. The van der Waals surface area contributed by atoms with Gasteiger partial charge in [-0.3, -0.25) is 4.79 Å². The minimum Gasteiger partial charge on any atom is -1.00 e. The van der Waals surface area contributed by atoms with Crippen molar-refractivity contribution in [2.75, 3.05) is 20.8 Å². The summed E-state index contributed by atoms with van der Waals surface area (Å²) >= 11 is 0. The number of ketones is 1. The number of hydrogen-bond acceptors (Lipinski definition) is 5. The number of nitrogens with one attached hydrogen (secondary N) is 1. The van der Waals surface area contributed by atoms with E-state index in [-0.39, 0.29) is 29.3 Å². The fourth-order valence-electron chi connectivity index (χ4n) is 1.65. The molecule has 0 atom stereocenters. The first-order chi connectivity index (χ1) is 8.74. The molecule has 1 N–H and O–H groups in total. The molecule has 1 aromatic carbocycles. The molecule has 2 rings (SSSR count). The number of ether oxygens (including phenoxy) is 2. The number of carbonyl (C=O) groups excluding carboxylic acids is 1. The minimum atomic E-state index is -0.0633. The molecule has 6 heteroatoms. The number of carbonyl (C=O) groups is 1. The van der Waals surface area contributed by atoms with Crippen LogP contribution in [0.3, 0.4) is 0 Å². The molecule has 0 bridgehead atoms. The van der Waals surface area contributed by atoms with Crippen LogP contribution in [0.25, 0.3) is 0 Å². The van der Waals surface area contributed by atoms with Gasteiger partial charge in [0, 0.05) is 0 Å². The van der Waals surface area contributed by atoms with Gasteiger partial charge in [-0.05, 0) is 18.2 Å². The molecule has 0 spiro atoms. The van der Waals surface area contributed by atoms with Crippen LogP contribution in [-0.4, -0.2) is 31.4 Å². The number of methoxy groups -OCH3 is 2. The molecule has 5 nitrogen and oxygen atoms in total. The Morgan fingerprint density at radius 1 is 1.37 bits per heavy atom. The van der Waals surface area contributed by atoms with Gasteiger partial charge in [-0.2, -0.15) is 5.32 Å². The summed E-state index contributed by atoms with van der Waals surface area (Å²) in [5.41, 5.74) is 0.499. The van der Waals surface area contributed by atoms with Crippen LogP contribution in [-0.2, 0) is 0 Å². The molecule has 1 radical (unpaired) electrons. The lowest BCUT2D eigenvalue weighted by Gasteiger charge is -2.09. The van der Waals surface area contributed by atoms with Crippen LogP contribution in [0.5, 0.6) is 11.5 Å². The lowest BCUT2D eigenvalue weighted by Crippen LogP contribution is -3.00. The zero-order valence-electron chi connectivity index (χ0n) is 10.6. The maximum absolute atomic E-state index is 12.2. The Labute approximate surface area is 123 Å². The third-order valence-electron chi connectivity index (χ3n) is 2.57. The third-order valence-corrected chi connectivity index (χ3v) is 2.57. The molecule has 0 unspecified atom stereocenters. The van der Waals surface area contributed by atoms with Crippen molar-refractivity contribution in [3.63, 3.8) is 0 Å². The summed E-state index contributed by atoms with van der Waals surface area (Å²) in [4.78, 5) is 13.8. The van der Waals surface area contributed by atoms with Crippen molar-refractivity contribution in [3.8, 4) is 11.5 Å². The Balaban J connectivity index is 0.00000180. The van der Waals surface area contributed by atoms with Gasteiger partial charge in [-0.1, -0.05) is 0 Å². The maximum atomic E-state index is 12.2. The Morgan fingerprint density at radius 2 is 2.16 bits per heavy atom. The van der Waals surface area contributed by atoms with Crippen LogP contribution in [0.1, 0.15) is 10.4 Å². The number of rotatable bonds is 5. The Kier molecular flexibility index (Phi) is 5.57. The second-order valence-corrected chi connectivity index (χ2v) is 3.69. The van der Waals surface area contributed by atoms with E-state index in [0.29, 0.717) is 17.1 Å². The van der Waals surface area contributed by atoms with E-state index in [0.717, 1.165) is 0 Å². The van der Waals surface area contributed by atoms with Crippen molar-refractivity contribution in [2.24, 2.45) is 0 Å². The fraction of sp³-hybridized carbons (Fsp3) is 0.231. The molecule has 1 aliphatic heterocycles. The van der Waals surface area contributed by atoms with Crippen LogP contribution in [0, 0.1) is 6.67 Å². The van der Waals surface area contributed by atoms with Crippen LogP contribution < -0.4 is 31.8 Å². The SMILES string of the molecule is COc1ccc(OC)c(C(=O)CN2[C+]NC=C2)c1.[Br-]. The Morgan fingerprint density at radius 3 is 2.74 bits per heavy atom. The summed E-state index contributed by atoms with van der Waals surface area (Å²) in [6.45, 7) is 3.00. The number of benzene rings is 1. The largest absolute Gasteiger partial charge is 1.00 e. The molecule has 1 aliphatic rings. The van der Waals surface area contributed by atoms with Gasteiger partial charge in [-0.15, -0.1) is 4.90 Å². The zero-order chi connectivity index (χ0) is 13.0. The molecule has 0 saturated carbocycles. The minimum absolute atomic E-state index is 0. The second-order valence-electron chi connectivity index (χ2n) is 3.69. The first-order valence-corrected chi connectivity index (χ1v) is 5.44. The molecule has 0 aromatic heterocycles. The average molecular weight is 326 g/mol. The first kappa shape index (κ1) is 15.2. The number of Topliss-reactive ketones (excluding diaryl/α,β-unsaturated/α-hetero) is 1. The highest BCUT2D eigenvalue weighted by atomic mass is 79.9. The summed E-state index contributed by atoms with van der Waals surface area (Å²) in [6.07, 6.45) is 3.45. The van der Waals surface area contributed by atoms with Crippen LogP contribution in [0.4, 0.5) is 0 Å². The molecular formula is C13H14BrN2O3. The van der Waals surface area contributed by atoms with Gasteiger partial charge in [0.25, 0.3) is 0 Å². The van der Waals surface area contributed by atoms with Crippen molar-refractivity contribution in [3.05, 3.63) is 42.8 Å². The van der Waals surface area contributed by atoms with Crippen molar-refractivity contribution < 1.29 is 31.2 Å². The molecule has 1 heterocycles. The predicted molar refractivity (Wildman–Crippen MR) is 66.1 cm³/mol. The van der Waals surface area contributed by atoms with Gasteiger partial charge < -0.3 is 26.5 Å². The normalized spacial score (nSPS) is 12.2. The van der Waals surface area contributed by atoms with Crippen LogP contribution >= 0.6 is 0 Å². The Bertz CT molecular complexity index is 477. The predicted octanol–water partition coefficient (Wildman–Crippen LogP) is -1.74. The van der Waals surface area contributed by atoms with Crippen molar-refractivity contribution in [1.82, 2.24) is 10.2 Å². The van der Waals surface area contributed by atoms with E-state index in [9.17, 15) is 4.79 Å². The molecule has 0 aliphatic carbocycles. The first-order valence-electron chi connectivity index (χ1n) is 5.44. The summed E-state index contributed by atoms with van der Waals surface area (Å²) in [7, 11) is 3.10. The number of nitrogens with zero attached hydrogens (tertiary/aromatic N) is 1. The summed E-state index contributed by atoms with van der Waals surface area (Å²) in [5.74, 6) is 1.10. The molecule has 101 valence electrons. The van der Waals surface area contributed by atoms with Gasteiger partial charge in [0.2, 0.25) is 0 Å². The Hall–Kier alpha value is -1.82. The van der Waals surface area contributed by atoms with Crippen LogP contribution in [0.2, 0.25) is 0 Å². The van der Waals surface area contributed by atoms with Gasteiger partial charge >= 0.3 is 6.67 Å². The van der Waals surface area contributed by atoms with Gasteiger partial charge in [-0.25, -0.2) is 0 Å². The highest BCUT2D eigenvalue weighted by molar-refractivity contribution is 6.00. The van der Waals surface area contributed by atoms with E-state index in [1.165, 1.54) is 7.11 Å². The number of hydrogen-bond donors (Lipinski definition) is 1. The average Bonchev–Trinajstić information content (AvgIpc) is 2.90. The summed E-state index contributed by atoms with van der Waals surface area (Å²) in [5, 5.41) is 2.77. The van der Waals surface area contributed by atoms with Crippen molar-refractivity contribution >= 4 is 5.78 Å². The monoisotopic (exact) mass is 325 g/mol. The molecule has 1 aromatic rings. The lowest BCUT2D eigenvalue weighted by atomic mass is 10.1. The van der Waals surface area contributed by atoms with E-state index in [1.807, 2.05) is 0 Å². The zero-order valence-corrected chi connectivity index (χ0v) is 12.2. The quantitative estimate of drug-likeness (QED) is 0.515. The molecule has 19 heavy (non-hydrogen) atoms. The maximum Gasteiger partial charge on any atom is 0.562 e. The third kappa shape index (κ3) is 3.57. The van der Waals surface area contributed by atoms with Crippen molar-refractivity contribution in [1.29, 1.82) is 0 Å². The van der Waals surface area contributed by atoms with E-state index in [4.69, 9.17) is 9.47 Å². The summed E-state index contributed by atoms with van der Waals surface area (Å²) < 4.78 is 10.3. The van der Waals surface area contributed by atoms with E-state index in [2.05, 4.69) is 12.0 Å². The van der Waals surface area contributed by atoms with Gasteiger partial charge in [0.15, 0.2) is 5.78 Å². The van der Waals surface area contributed by atoms with E-state index in [1.54, 1.807) is 42.6 Å². The highest BCUT2D eigenvalue weighted by Gasteiger charge is 2.26. The highest BCUT2D eigenvalue weighted by Crippen LogP contribution is 2.24. The number of halogens is 1. The van der Waals surface area contributed by atoms with Gasteiger partial charge in [0.1, 0.15) is 18.0 Å². The van der Waals surface area contributed by atoms with E-state index >= 15 is 0 Å². The topological polar surface area (TPSA) is 50.8 Å². The smallest absolute Gasteiger partial charge is 0.562 e. The molecular weight excluding hydrogens is 312 g/mol.